The standard InChI is InChI=1S/2C50H31N.C46H28S/c1-3-13-32(14-4-1)44-31-43(47(36-16-5-2-6-17-36)49-42-23-12-19-35-18-11-22-41(46(35)42)48(44)49)34-25-28-37(29-26-34)51-45-24-10-9-21-39(45)40-30-27-33-15-7-8-20-38(33)50(40)51;1-3-13-32(14-4-1)43-31-42(47(36-16-5-2-6-17-36)50-41-23-12-19-35-18-11-22-40(46(35)41)49(43)50)34-25-28-37(29-26-34)51-44-24-10-9-21-39(44)48-38-20-8-7-15-33(38)27-30-45(48)51;1-3-12-29(13-4-1)40-28-39(31-26-24-30(25-27-31)34-19-11-20-36-35-18-7-8-23-41(35)47-46(34)36)43(33-14-5-2-6-15-33)45-38-22-10-17-32-16-9-21-37(42(32)38)44(40)45/h2*1-31H;1-28H. The molecule has 2 nitrogen and oxygen atoms in total. The van der Waals surface area contributed by atoms with Crippen molar-refractivity contribution in [3.63, 3.8) is 0 Å². The summed E-state index contributed by atoms with van der Waals surface area (Å²) in [5, 5.41) is 20.8. The molecular weight excluding hydrogens is 1810 g/mol. The highest BCUT2D eigenvalue weighted by atomic mass is 32.1. The van der Waals surface area contributed by atoms with Gasteiger partial charge in [0.1, 0.15) is 0 Å². The van der Waals surface area contributed by atoms with Gasteiger partial charge in [-0.25, -0.2) is 0 Å². The predicted molar refractivity (Wildman–Crippen MR) is 636 cm³/mol. The van der Waals surface area contributed by atoms with E-state index >= 15 is 0 Å². The molecule has 0 radical (unpaired) electrons. The first kappa shape index (κ1) is 85.4. The van der Waals surface area contributed by atoms with E-state index in [0.717, 1.165) is 11.4 Å². The topological polar surface area (TPSA) is 9.86 Å². The second kappa shape index (κ2) is 34.8. The summed E-state index contributed by atoms with van der Waals surface area (Å²) < 4.78 is 7.56. The Bertz CT molecular complexity index is 10500. The number of para-hydroxylation sites is 2. The molecule has 0 saturated carbocycles. The highest BCUT2D eigenvalue weighted by Gasteiger charge is 2.36. The van der Waals surface area contributed by atoms with Gasteiger partial charge in [0.15, 0.2) is 0 Å². The van der Waals surface area contributed by atoms with Crippen molar-refractivity contribution in [3.8, 4) is 189 Å². The van der Waals surface area contributed by atoms with E-state index in [1.165, 1.54) is 296 Å². The molecule has 3 aliphatic rings. The largest absolute Gasteiger partial charge is 0.309 e. The van der Waals surface area contributed by atoms with Crippen LogP contribution in [0.4, 0.5) is 0 Å². The number of thiophene rings is 1. The number of aromatic nitrogens is 2. The van der Waals surface area contributed by atoms with E-state index < -0.39 is 0 Å². The summed E-state index contributed by atoms with van der Waals surface area (Å²) in [7, 11) is 0. The molecule has 26 aromatic carbocycles. The summed E-state index contributed by atoms with van der Waals surface area (Å²) in [4.78, 5) is 0. The third-order valence-electron chi connectivity index (χ3n) is 31.7. The third-order valence-corrected chi connectivity index (χ3v) is 32.9. The first-order valence-electron chi connectivity index (χ1n) is 51.6. The molecular formula is C146H90N2S. The summed E-state index contributed by atoms with van der Waals surface area (Å²) in [6.07, 6.45) is 0. The maximum Gasteiger partial charge on any atom is 0.0619 e. The van der Waals surface area contributed by atoms with Crippen LogP contribution in [0, 0.1) is 0 Å². The normalized spacial score (nSPS) is 11.9. The van der Waals surface area contributed by atoms with Crippen LogP contribution >= 0.6 is 11.3 Å². The Morgan fingerprint density at radius 1 is 0.134 bits per heavy atom. The molecule has 29 aromatic rings. The van der Waals surface area contributed by atoms with Gasteiger partial charge >= 0.3 is 0 Å². The van der Waals surface area contributed by atoms with Crippen molar-refractivity contribution in [1.82, 2.24) is 9.13 Å². The first-order valence-corrected chi connectivity index (χ1v) is 52.4. The quantitative estimate of drug-likeness (QED) is 0.115. The lowest BCUT2D eigenvalue weighted by molar-refractivity contribution is 1.18. The van der Waals surface area contributed by atoms with Gasteiger partial charge in [-0.2, -0.15) is 0 Å². The lowest BCUT2D eigenvalue weighted by Crippen LogP contribution is -1.96. The zero-order valence-corrected chi connectivity index (χ0v) is 82.1. The van der Waals surface area contributed by atoms with Gasteiger partial charge in [-0.1, -0.05) is 479 Å². The highest BCUT2D eigenvalue weighted by Crippen LogP contribution is 2.62. The van der Waals surface area contributed by atoms with Crippen molar-refractivity contribution in [2.45, 2.75) is 0 Å². The van der Waals surface area contributed by atoms with E-state index in [2.05, 4.69) is 555 Å². The average Bonchev–Trinajstić information content (AvgIpc) is 1.55. The van der Waals surface area contributed by atoms with Gasteiger partial charge in [-0.15, -0.1) is 11.3 Å². The van der Waals surface area contributed by atoms with Gasteiger partial charge in [0.2, 0.25) is 0 Å². The maximum absolute atomic E-state index is 2.45. The van der Waals surface area contributed by atoms with E-state index in [0.29, 0.717) is 0 Å². The molecule has 0 atom stereocenters. The highest BCUT2D eigenvalue weighted by molar-refractivity contribution is 7.26. The minimum atomic E-state index is 1.16. The summed E-state index contributed by atoms with van der Waals surface area (Å²) in [6.45, 7) is 0. The van der Waals surface area contributed by atoms with Crippen LogP contribution in [0.1, 0.15) is 0 Å². The molecule has 0 aliphatic heterocycles. The SMILES string of the molecule is c1ccc(-c2cc(-c3ccc(-c4cccc5c4sc4ccccc45)cc3)c(-c3ccccc3)c3c2-c2cccc4cccc-3c24)cc1.c1ccc(-c2cc(-c3ccc(-n4c5ccccc5c5c6ccccc6ccc54)cc3)c(-c3ccccc3)c3c2-c2cccc4cccc-3c24)cc1.c1ccc(-c2cc(-c3ccc(-n4c5ccccc5c5ccc6ccccc6c54)cc3)c(-c3ccccc3)c3c2-c2cccc4cccc-3c24)cc1. The summed E-state index contributed by atoms with van der Waals surface area (Å²) in [5.74, 6) is 0. The fraction of sp³-hybridized carbons (Fsp3) is 0. The van der Waals surface area contributed by atoms with Gasteiger partial charge < -0.3 is 9.13 Å². The molecule has 0 unspecified atom stereocenters. The average molecular weight is 1900 g/mol. The molecule has 0 fully saturated rings. The second-order valence-corrected chi connectivity index (χ2v) is 40.7. The first-order chi connectivity index (χ1) is 74.0. The fourth-order valence-electron chi connectivity index (χ4n) is 25.3. The Hall–Kier alpha value is -19.2. The van der Waals surface area contributed by atoms with Crippen molar-refractivity contribution in [2.24, 2.45) is 0 Å². The van der Waals surface area contributed by atoms with E-state index in [9.17, 15) is 0 Å². The van der Waals surface area contributed by atoms with Gasteiger partial charge in [0, 0.05) is 58.5 Å². The van der Waals surface area contributed by atoms with Crippen LogP contribution in [0.2, 0.25) is 0 Å². The molecule has 0 bridgehead atoms. The molecule has 3 aliphatic carbocycles. The molecule has 3 aromatic heterocycles. The van der Waals surface area contributed by atoms with Crippen molar-refractivity contribution < 1.29 is 0 Å². The monoisotopic (exact) mass is 1900 g/mol. The Kier molecular flexibility index (Phi) is 20.0. The van der Waals surface area contributed by atoms with Gasteiger partial charge in [0.05, 0.1) is 22.1 Å². The lowest BCUT2D eigenvalue weighted by atomic mass is 9.82. The van der Waals surface area contributed by atoms with Gasteiger partial charge in [-0.05, 0) is 293 Å². The van der Waals surface area contributed by atoms with Crippen LogP contribution in [-0.2, 0) is 0 Å². The zero-order valence-electron chi connectivity index (χ0n) is 81.3. The Morgan fingerprint density at radius 2 is 0.423 bits per heavy atom. The van der Waals surface area contributed by atoms with E-state index in [-0.39, 0.29) is 0 Å². The summed E-state index contributed by atoms with van der Waals surface area (Å²) in [5.41, 5.74) is 48.0. The molecule has 32 rings (SSSR count). The summed E-state index contributed by atoms with van der Waals surface area (Å²) >= 11 is 1.89. The van der Waals surface area contributed by atoms with E-state index in [4.69, 9.17) is 0 Å². The van der Waals surface area contributed by atoms with Crippen molar-refractivity contribution in [1.29, 1.82) is 0 Å². The number of fused-ring (bicyclic) bond motifs is 22. The number of nitrogens with zero attached hydrogens (tertiary/aromatic N) is 2. The molecule has 3 heteroatoms. The van der Waals surface area contributed by atoms with Crippen molar-refractivity contribution in [3.05, 3.63) is 546 Å². The second-order valence-electron chi connectivity index (χ2n) is 39.6. The minimum absolute atomic E-state index is 1.16. The van der Waals surface area contributed by atoms with E-state index in [1.807, 2.05) is 11.3 Å². The van der Waals surface area contributed by atoms with Crippen LogP contribution in [0.15, 0.2) is 546 Å². The van der Waals surface area contributed by atoms with Crippen LogP contribution in [-0.4, -0.2) is 9.13 Å². The van der Waals surface area contributed by atoms with Crippen molar-refractivity contribution >= 4 is 129 Å². The van der Waals surface area contributed by atoms with Crippen LogP contribution < -0.4 is 0 Å². The molecule has 690 valence electrons. The Labute approximate surface area is 866 Å². The minimum Gasteiger partial charge on any atom is -0.309 e. The molecule has 0 spiro atoms. The number of hydrogen-bond acceptors (Lipinski definition) is 1. The zero-order chi connectivity index (χ0) is 97.8. The Balaban J connectivity index is 0.000000103. The van der Waals surface area contributed by atoms with Crippen LogP contribution in [0.5, 0.6) is 0 Å². The molecule has 0 amide bonds. The van der Waals surface area contributed by atoms with Crippen LogP contribution in [0.3, 0.4) is 0 Å². The Morgan fingerprint density at radius 3 is 0.859 bits per heavy atom. The smallest absolute Gasteiger partial charge is 0.0619 e. The van der Waals surface area contributed by atoms with Crippen molar-refractivity contribution in [2.75, 3.05) is 0 Å². The van der Waals surface area contributed by atoms with Crippen LogP contribution in [0.25, 0.3) is 307 Å². The predicted octanol–water partition coefficient (Wildman–Crippen LogP) is 41.0. The lowest BCUT2D eigenvalue weighted by Gasteiger charge is -2.21. The number of rotatable bonds is 12. The number of benzene rings is 26. The summed E-state index contributed by atoms with van der Waals surface area (Å²) in [6, 6.07) is 201. The molecule has 0 saturated heterocycles. The molecule has 3 heterocycles. The van der Waals surface area contributed by atoms with Gasteiger partial charge in [0.25, 0.3) is 0 Å². The number of hydrogen-bond donors (Lipinski definition) is 0. The van der Waals surface area contributed by atoms with Gasteiger partial charge in [-0.3, -0.25) is 0 Å². The fourth-order valence-corrected chi connectivity index (χ4v) is 26.5. The molecule has 0 N–H and O–H groups in total. The molecule has 149 heavy (non-hydrogen) atoms. The third kappa shape index (κ3) is 13.6. The maximum atomic E-state index is 2.45. The van der Waals surface area contributed by atoms with E-state index in [1.54, 1.807) is 0 Å².